The number of aromatic carboxylic acids is 2. The highest BCUT2D eigenvalue weighted by molar-refractivity contribution is 7.99. The third kappa shape index (κ3) is 5.76. The van der Waals surface area contributed by atoms with Gasteiger partial charge in [-0.1, -0.05) is 24.3 Å². The summed E-state index contributed by atoms with van der Waals surface area (Å²) in [5.41, 5.74) is -8.65. The number of alkyl halides is 6. The smallest absolute Gasteiger partial charge is 0.416 e. The summed E-state index contributed by atoms with van der Waals surface area (Å²) in [7, 11) is 1.28. The predicted molar refractivity (Wildman–Crippen MR) is 129 cm³/mol. The third-order valence-electron chi connectivity index (χ3n) is 6.85. The summed E-state index contributed by atoms with van der Waals surface area (Å²) in [5.74, 6) is -5.13. The molecule has 6 nitrogen and oxygen atoms in total. The topological polar surface area (TPSA) is 107 Å². The number of fused-ring (bicyclic) bond motifs is 1. The molecule has 0 saturated heterocycles. The van der Waals surface area contributed by atoms with Gasteiger partial charge in [0.05, 0.1) is 35.6 Å². The number of halogens is 6. The fraction of sp³-hybridized carbons (Fsp3) is 0.250. The van der Waals surface area contributed by atoms with Gasteiger partial charge in [-0.15, -0.1) is 11.8 Å². The molecule has 0 N–H and O–H groups in total. The van der Waals surface area contributed by atoms with Crippen molar-refractivity contribution in [2.45, 2.75) is 30.1 Å². The summed E-state index contributed by atoms with van der Waals surface area (Å²) in [6.45, 7) is 0. The molecule has 3 aromatic rings. The summed E-state index contributed by atoms with van der Waals surface area (Å²) in [4.78, 5) is 38.3. The standard InChI is InChI=1S/C28H20F6O6S/c1-40-14-8-9-22-17(10-14)23(35)26(13-41-22,11-18-15(24(36)37)4-2-6-20(18)27(29,30)31)12-19-16(25(38)39)5-3-7-21(19)28(32,33)34/h2-10H,11-13H2,1H3,(H,36,37)(H,38,39)/p-2. The van der Waals surface area contributed by atoms with E-state index in [0.29, 0.717) is 17.0 Å². The molecule has 0 aromatic heterocycles. The molecule has 0 fully saturated rings. The summed E-state index contributed by atoms with van der Waals surface area (Å²) < 4.78 is 89.5. The zero-order valence-corrected chi connectivity index (χ0v) is 21.8. The molecule has 0 aliphatic carbocycles. The number of hydrogen-bond acceptors (Lipinski definition) is 7. The monoisotopic (exact) mass is 596 g/mol. The van der Waals surface area contributed by atoms with Crippen LogP contribution in [0.3, 0.4) is 0 Å². The number of rotatable bonds is 7. The zero-order valence-electron chi connectivity index (χ0n) is 20.9. The van der Waals surface area contributed by atoms with Crippen molar-refractivity contribution in [3.05, 3.63) is 93.5 Å². The first kappa shape index (κ1) is 30.0. The second-order valence-electron chi connectivity index (χ2n) is 9.35. The molecule has 1 aliphatic heterocycles. The lowest BCUT2D eigenvalue weighted by atomic mass is 9.70. The fourth-order valence-electron chi connectivity index (χ4n) is 4.98. The Morgan fingerprint density at radius 3 is 1.76 bits per heavy atom. The number of thioether (sulfide) groups is 1. The van der Waals surface area contributed by atoms with Crippen LogP contribution in [0.2, 0.25) is 0 Å². The van der Waals surface area contributed by atoms with E-state index in [1.807, 2.05) is 0 Å². The number of carboxylic acid groups (broad SMARTS) is 2. The largest absolute Gasteiger partial charge is 0.545 e. The van der Waals surface area contributed by atoms with Crippen molar-refractivity contribution in [1.82, 2.24) is 0 Å². The van der Waals surface area contributed by atoms with Crippen LogP contribution in [-0.4, -0.2) is 30.6 Å². The van der Waals surface area contributed by atoms with E-state index in [-0.39, 0.29) is 11.3 Å². The maximum absolute atomic E-state index is 14.1. The van der Waals surface area contributed by atoms with Gasteiger partial charge in [0, 0.05) is 27.3 Å². The first-order valence-corrected chi connectivity index (χ1v) is 12.7. The van der Waals surface area contributed by atoms with E-state index in [4.69, 9.17) is 4.74 Å². The van der Waals surface area contributed by atoms with E-state index < -0.39 is 87.5 Å². The lowest BCUT2D eigenvalue weighted by molar-refractivity contribution is -0.256. The summed E-state index contributed by atoms with van der Waals surface area (Å²) in [6.07, 6.45) is -12.2. The van der Waals surface area contributed by atoms with Gasteiger partial charge in [0.1, 0.15) is 5.75 Å². The van der Waals surface area contributed by atoms with Gasteiger partial charge in [0.2, 0.25) is 0 Å². The van der Waals surface area contributed by atoms with E-state index in [2.05, 4.69) is 0 Å². The Bertz CT molecular complexity index is 1470. The normalized spacial score (nSPS) is 14.9. The Hall–Kier alpha value is -4.00. The lowest BCUT2D eigenvalue weighted by Gasteiger charge is -2.39. The van der Waals surface area contributed by atoms with Gasteiger partial charge in [-0.3, -0.25) is 4.79 Å². The molecule has 0 spiro atoms. The summed E-state index contributed by atoms with van der Waals surface area (Å²) in [6, 6.07) is 8.77. The highest BCUT2D eigenvalue weighted by Gasteiger charge is 2.48. The quantitative estimate of drug-likeness (QED) is 0.376. The number of carbonyl (C=O) groups excluding carboxylic acids is 3. The number of ketones is 1. The van der Waals surface area contributed by atoms with Crippen LogP contribution in [0.25, 0.3) is 0 Å². The molecule has 1 heterocycles. The molecule has 0 bridgehead atoms. The van der Waals surface area contributed by atoms with Gasteiger partial charge in [0.15, 0.2) is 5.78 Å². The molecule has 216 valence electrons. The van der Waals surface area contributed by atoms with Gasteiger partial charge < -0.3 is 24.5 Å². The van der Waals surface area contributed by atoms with Gasteiger partial charge >= 0.3 is 12.4 Å². The third-order valence-corrected chi connectivity index (χ3v) is 8.21. The molecule has 0 amide bonds. The second-order valence-corrected chi connectivity index (χ2v) is 10.4. The molecule has 3 aromatic carbocycles. The number of Topliss-reactive ketones (excluding diaryl/α,β-unsaturated/α-hetero) is 1. The molecule has 1 aliphatic rings. The van der Waals surface area contributed by atoms with Gasteiger partial charge in [-0.2, -0.15) is 26.3 Å². The van der Waals surface area contributed by atoms with Crippen LogP contribution in [0.5, 0.6) is 5.75 Å². The van der Waals surface area contributed by atoms with Crippen molar-refractivity contribution < 1.29 is 55.7 Å². The molecule has 13 heteroatoms. The number of hydrogen-bond donors (Lipinski definition) is 0. The Kier molecular flexibility index (Phi) is 7.87. The van der Waals surface area contributed by atoms with Gasteiger partial charge in [-0.25, -0.2) is 0 Å². The van der Waals surface area contributed by atoms with Crippen LogP contribution in [0.1, 0.15) is 53.3 Å². The fourth-order valence-corrected chi connectivity index (χ4v) is 6.22. The molecule has 0 unspecified atom stereocenters. The second kappa shape index (κ2) is 10.8. The van der Waals surface area contributed by atoms with E-state index in [0.717, 1.165) is 36.0 Å². The highest BCUT2D eigenvalue weighted by atomic mass is 32.2. The number of methoxy groups -OCH3 is 1. The molecular weight excluding hydrogens is 578 g/mol. The van der Waals surface area contributed by atoms with Crippen molar-refractivity contribution in [2.75, 3.05) is 12.9 Å². The van der Waals surface area contributed by atoms with Crippen LogP contribution in [0.4, 0.5) is 26.3 Å². The van der Waals surface area contributed by atoms with Crippen LogP contribution in [-0.2, 0) is 25.2 Å². The maximum Gasteiger partial charge on any atom is 0.416 e. The van der Waals surface area contributed by atoms with Crippen molar-refractivity contribution in [3.63, 3.8) is 0 Å². The summed E-state index contributed by atoms with van der Waals surface area (Å²) in [5, 5.41) is 23.8. The maximum atomic E-state index is 14.1. The van der Waals surface area contributed by atoms with E-state index >= 15 is 0 Å². The van der Waals surface area contributed by atoms with E-state index in [9.17, 15) is 50.9 Å². The summed E-state index contributed by atoms with van der Waals surface area (Å²) >= 11 is 0.947. The number of ether oxygens (including phenoxy) is 1. The number of carbonyl (C=O) groups is 3. The Morgan fingerprint density at radius 2 is 1.34 bits per heavy atom. The minimum atomic E-state index is -5.10. The van der Waals surface area contributed by atoms with E-state index in [1.165, 1.54) is 25.3 Å². The minimum absolute atomic E-state index is 0.0837. The average molecular weight is 597 g/mol. The van der Waals surface area contributed by atoms with E-state index in [1.54, 1.807) is 0 Å². The lowest BCUT2D eigenvalue weighted by Crippen LogP contribution is -2.43. The molecule has 41 heavy (non-hydrogen) atoms. The molecule has 0 radical (unpaired) electrons. The molecular formula is C28H18F6O6S-2. The molecule has 0 atom stereocenters. The van der Waals surface area contributed by atoms with Crippen molar-refractivity contribution in [1.29, 1.82) is 0 Å². The number of benzene rings is 3. The van der Waals surface area contributed by atoms with Crippen LogP contribution in [0, 0.1) is 5.41 Å². The average Bonchev–Trinajstić information content (AvgIpc) is 2.89. The van der Waals surface area contributed by atoms with Crippen molar-refractivity contribution in [3.8, 4) is 5.75 Å². The minimum Gasteiger partial charge on any atom is -0.545 e. The SMILES string of the molecule is COc1ccc2c(c1)C(=O)C(Cc1c(C(=O)[O-])cccc1C(F)(F)F)(Cc1c(C(=O)[O-])cccc1C(F)(F)F)CS2. The Labute approximate surface area is 232 Å². The molecule has 4 rings (SSSR count). The van der Waals surface area contributed by atoms with Crippen molar-refractivity contribution in [2.24, 2.45) is 5.41 Å². The molecule has 0 saturated carbocycles. The predicted octanol–water partition coefficient (Wildman–Crippen LogP) is 4.22. The highest BCUT2D eigenvalue weighted by Crippen LogP contribution is 2.48. The number of carboxylic acids is 2. The van der Waals surface area contributed by atoms with Crippen molar-refractivity contribution >= 4 is 29.5 Å². The first-order valence-electron chi connectivity index (χ1n) is 11.8. The van der Waals surface area contributed by atoms with Crippen LogP contribution >= 0.6 is 11.8 Å². The van der Waals surface area contributed by atoms with Gasteiger partial charge in [-0.05, 0) is 54.3 Å². The van der Waals surface area contributed by atoms with Crippen LogP contribution in [0.15, 0.2) is 59.5 Å². The Balaban J connectivity index is 2.03. The first-order chi connectivity index (χ1) is 19.1. The van der Waals surface area contributed by atoms with Crippen LogP contribution < -0.4 is 14.9 Å². The zero-order chi connectivity index (χ0) is 30.3. The van der Waals surface area contributed by atoms with Gasteiger partial charge in [0.25, 0.3) is 0 Å². The Morgan fingerprint density at radius 1 is 0.854 bits per heavy atom.